The van der Waals surface area contributed by atoms with Gasteiger partial charge in [0.15, 0.2) is 0 Å². The quantitative estimate of drug-likeness (QED) is 0.279. The number of halogens is 4. The third kappa shape index (κ3) is 7.80. The van der Waals surface area contributed by atoms with Crippen LogP contribution >= 0.6 is 46.4 Å². The molecule has 39 heavy (non-hydrogen) atoms. The molecule has 0 aromatic heterocycles. The maximum atomic E-state index is 13.9. The van der Waals surface area contributed by atoms with Crippen LogP contribution in [0.4, 0.5) is 5.69 Å². The van der Waals surface area contributed by atoms with Gasteiger partial charge in [-0.2, -0.15) is 0 Å². The molecule has 12 heteroatoms. The van der Waals surface area contributed by atoms with Crippen molar-refractivity contribution in [2.24, 2.45) is 0 Å². The molecule has 0 saturated heterocycles. The van der Waals surface area contributed by atoms with Gasteiger partial charge in [-0.1, -0.05) is 70.7 Å². The smallest absolute Gasteiger partial charge is 0.264 e. The van der Waals surface area contributed by atoms with Crippen LogP contribution in [-0.2, 0) is 26.2 Å². The Labute approximate surface area is 248 Å². The van der Waals surface area contributed by atoms with E-state index >= 15 is 0 Å². The van der Waals surface area contributed by atoms with Gasteiger partial charge in [0.05, 0.1) is 20.6 Å². The Bertz CT molecular complexity index is 1450. The minimum atomic E-state index is -4.22. The SMILES string of the molecule is CC(C)NC(=O)[C@@H](C)N(Cc1ccc(Cl)cc1Cl)C(=O)CN(c1ccc(Cl)c(Cl)c1)S(=O)(=O)c1ccccc1. The molecule has 0 aliphatic heterocycles. The molecule has 7 nitrogen and oxygen atoms in total. The lowest BCUT2D eigenvalue weighted by Gasteiger charge is -2.32. The predicted octanol–water partition coefficient (Wildman–Crippen LogP) is 6.44. The predicted molar refractivity (Wildman–Crippen MR) is 157 cm³/mol. The number of sulfonamides is 1. The number of hydrogen-bond donors (Lipinski definition) is 1. The van der Waals surface area contributed by atoms with Crippen molar-refractivity contribution in [3.63, 3.8) is 0 Å². The molecule has 0 aliphatic rings. The standard InChI is InChI=1S/C27H27Cl4N3O4S/c1-17(2)32-27(36)18(3)33(15-19-9-10-20(28)13-24(19)30)26(35)16-34(21-11-12-23(29)25(31)14-21)39(37,38)22-7-5-4-6-8-22/h4-14,17-18H,15-16H2,1-3H3,(H,32,36)/t18-/m1/s1. The van der Waals surface area contributed by atoms with Crippen molar-refractivity contribution in [2.75, 3.05) is 10.8 Å². The molecule has 0 radical (unpaired) electrons. The van der Waals surface area contributed by atoms with E-state index in [1.165, 1.54) is 41.3 Å². The van der Waals surface area contributed by atoms with Gasteiger partial charge in [-0.15, -0.1) is 0 Å². The first-order valence-electron chi connectivity index (χ1n) is 11.9. The van der Waals surface area contributed by atoms with Gasteiger partial charge in [0.25, 0.3) is 10.0 Å². The van der Waals surface area contributed by atoms with Gasteiger partial charge in [-0.3, -0.25) is 13.9 Å². The van der Waals surface area contributed by atoms with Crippen molar-refractivity contribution in [3.8, 4) is 0 Å². The number of amides is 2. The number of nitrogens with zero attached hydrogens (tertiary/aromatic N) is 2. The second-order valence-electron chi connectivity index (χ2n) is 9.02. The zero-order valence-corrected chi connectivity index (χ0v) is 25.2. The Morgan fingerprint density at radius 3 is 2.10 bits per heavy atom. The van der Waals surface area contributed by atoms with Gasteiger partial charge in [0, 0.05) is 22.6 Å². The van der Waals surface area contributed by atoms with Crippen LogP contribution in [-0.4, -0.2) is 43.8 Å². The van der Waals surface area contributed by atoms with Gasteiger partial charge in [-0.25, -0.2) is 8.42 Å². The van der Waals surface area contributed by atoms with Crippen LogP contribution in [0, 0.1) is 0 Å². The molecule has 2 amide bonds. The maximum Gasteiger partial charge on any atom is 0.264 e. The number of benzene rings is 3. The van der Waals surface area contributed by atoms with Crippen LogP contribution < -0.4 is 9.62 Å². The van der Waals surface area contributed by atoms with E-state index in [1.54, 1.807) is 51.1 Å². The lowest BCUT2D eigenvalue weighted by atomic mass is 10.1. The molecule has 208 valence electrons. The average molecular weight is 631 g/mol. The number of nitrogens with one attached hydrogen (secondary N) is 1. The molecular formula is C27H27Cl4N3O4S. The molecule has 0 heterocycles. The largest absolute Gasteiger partial charge is 0.352 e. The third-order valence-electron chi connectivity index (χ3n) is 5.76. The fourth-order valence-electron chi connectivity index (χ4n) is 3.71. The number of hydrogen-bond acceptors (Lipinski definition) is 4. The number of rotatable bonds is 10. The summed E-state index contributed by atoms with van der Waals surface area (Å²) in [7, 11) is -4.22. The van der Waals surface area contributed by atoms with E-state index in [4.69, 9.17) is 46.4 Å². The number of carbonyl (C=O) groups excluding carboxylic acids is 2. The maximum absolute atomic E-state index is 13.9. The van der Waals surface area contributed by atoms with Crippen molar-refractivity contribution in [1.82, 2.24) is 10.2 Å². The van der Waals surface area contributed by atoms with Gasteiger partial charge in [-0.05, 0) is 68.8 Å². The van der Waals surface area contributed by atoms with Crippen LogP contribution in [0.25, 0.3) is 0 Å². The zero-order chi connectivity index (χ0) is 28.9. The first-order chi connectivity index (χ1) is 18.3. The summed E-state index contributed by atoms with van der Waals surface area (Å²) in [5.74, 6) is -1.05. The zero-order valence-electron chi connectivity index (χ0n) is 21.4. The summed E-state index contributed by atoms with van der Waals surface area (Å²) in [6, 6.07) is 15.6. The van der Waals surface area contributed by atoms with Gasteiger partial charge >= 0.3 is 0 Å². The van der Waals surface area contributed by atoms with Gasteiger partial charge in [0.1, 0.15) is 12.6 Å². The summed E-state index contributed by atoms with van der Waals surface area (Å²) in [4.78, 5) is 28.1. The molecule has 3 aromatic carbocycles. The Hall–Kier alpha value is -2.49. The molecular weight excluding hydrogens is 604 g/mol. The van der Waals surface area contributed by atoms with E-state index in [0.29, 0.717) is 15.6 Å². The van der Waals surface area contributed by atoms with Crippen molar-refractivity contribution < 1.29 is 18.0 Å². The highest BCUT2D eigenvalue weighted by molar-refractivity contribution is 7.92. The van der Waals surface area contributed by atoms with Crippen molar-refractivity contribution in [3.05, 3.63) is 92.4 Å². The van der Waals surface area contributed by atoms with Crippen molar-refractivity contribution in [2.45, 2.75) is 44.3 Å². The van der Waals surface area contributed by atoms with Crippen LogP contribution in [0.2, 0.25) is 20.1 Å². The van der Waals surface area contributed by atoms with E-state index in [1.807, 2.05) is 0 Å². The summed E-state index contributed by atoms with van der Waals surface area (Å²) >= 11 is 24.7. The van der Waals surface area contributed by atoms with Gasteiger partial charge in [0.2, 0.25) is 11.8 Å². The molecule has 0 unspecified atom stereocenters. The highest BCUT2D eigenvalue weighted by Crippen LogP contribution is 2.31. The van der Waals surface area contributed by atoms with Crippen LogP contribution in [0.1, 0.15) is 26.3 Å². The van der Waals surface area contributed by atoms with E-state index in [0.717, 1.165) is 4.31 Å². The molecule has 3 aromatic rings. The molecule has 0 saturated carbocycles. The lowest BCUT2D eigenvalue weighted by molar-refractivity contribution is -0.139. The Morgan fingerprint density at radius 2 is 1.51 bits per heavy atom. The first kappa shape index (κ1) is 31.0. The molecule has 1 atom stereocenters. The molecule has 1 N–H and O–H groups in total. The number of anilines is 1. The normalized spacial score (nSPS) is 12.2. The summed E-state index contributed by atoms with van der Waals surface area (Å²) in [6.07, 6.45) is 0. The van der Waals surface area contributed by atoms with Crippen LogP contribution in [0.5, 0.6) is 0 Å². The first-order valence-corrected chi connectivity index (χ1v) is 14.8. The molecule has 3 rings (SSSR count). The lowest BCUT2D eigenvalue weighted by Crippen LogP contribution is -2.52. The monoisotopic (exact) mass is 629 g/mol. The third-order valence-corrected chi connectivity index (χ3v) is 8.87. The topological polar surface area (TPSA) is 86.8 Å². The average Bonchev–Trinajstić information content (AvgIpc) is 2.88. The summed E-state index contributed by atoms with van der Waals surface area (Å²) in [5, 5.41) is 3.84. The Morgan fingerprint density at radius 1 is 0.846 bits per heavy atom. The summed E-state index contributed by atoms with van der Waals surface area (Å²) in [6.45, 7) is 4.47. The van der Waals surface area contributed by atoms with E-state index in [2.05, 4.69) is 5.32 Å². The van der Waals surface area contributed by atoms with Gasteiger partial charge < -0.3 is 10.2 Å². The molecule has 0 bridgehead atoms. The fourth-order valence-corrected chi connectivity index (χ4v) is 5.90. The number of carbonyl (C=O) groups is 2. The highest BCUT2D eigenvalue weighted by Gasteiger charge is 2.33. The molecule has 0 aliphatic carbocycles. The van der Waals surface area contributed by atoms with Crippen LogP contribution in [0.15, 0.2) is 71.6 Å². The minimum absolute atomic E-state index is 0.0261. The van der Waals surface area contributed by atoms with Crippen molar-refractivity contribution >= 4 is 73.9 Å². The second-order valence-corrected chi connectivity index (χ2v) is 12.5. The van der Waals surface area contributed by atoms with Crippen molar-refractivity contribution in [1.29, 1.82) is 0 Å². The fraction of sp³-hybridized carbons (Fsp3) is 0.259. The Kier molecular flexibility index (Phi) is 10.5. The second kappa shape index (κ2) is 13.2. The van der Waals surface area contributed by atoms with Crippen LogP contribution in [0.3, 0.4) is 0 Å². The minimum Gasteiger partial charge on any atom is -0.352 e. The summed E-state index contributed by atoms with van der Waals surface area (Å²) in [5.41, 5.74) is 0.663. The Balaban J connectivity index is 2.07. The van der Waals surface area contributed by atoms with E-state index in [9.17, 15) is 18.0 Å². The molecule has 0 fully saturated rings. The summed E-state index contributed by atoms with van der Waals surface area (Å²) < 4.78 is 28.4. The highest BCUT2D eigenvalue weighted by atomic mass is 35.5. The molecule has 0 spiro atoms. The van der Waals surface area contributed by atoms with E-state index in [-0.39, 0.29) is 33.2 Å². The van der Waals surface area contributed by atoms with E-state index < -0.39 is 34.4 Å².